The monoisotopic (exact) mass is 231 g/mol. The van der Waals surface area contributed by atoms with Gasteiger partial charge in [-0.2, -0.15) is 0 Å². The van der Waals surface area contributed by atoms with E-state index >= 15 is 0 Å². The van der Waals surface area contributed by atoms with Crippen LogP contribution < -0.4 is 5.32 Å². The van der Waals surface area contributed by atoms with Gasteiger partial charge in [0.2, 0.25) is 5.91 Å². The Bertz CT molecular complexity index is 250. The molecule has 0 aromatic rings. The van der Waals surface area contributed by atoms with E-state index in [1.807, 2.05) is 0 Å². The Balaban J connectivity index is 4.03. The van der Waals surface area contributed by atoms with Gasteiger partial charge in [-0.15, -0.1) is 0 Å². The van der Waals surface area contributed by atoms with Crippen molar-refractivity contribution < 1.29 is 19.8 Å². The number of Topliss-reactive ketones (excluding diaryl/α,β-unsaturated/α-hetero) is 1. The summed E-state index contributed by atoms with van der Waals surface area (Å²) in [5.41, 5.74) is -0.876. The van der Waals surface area contributed by atoms with E-state index in [9.17, 15) is 14.7 Å². The molecule has 0 rings (SSSR count). The quantitative estimate of drug-likeness (QED) is 0.569. The zero-order chi connectivity index (χ0) is 12.8. The van der Waals surface area contributed by atoms with Gasteiger partial charge in [0, 0.05) is 24.8 Å². The van der Waals surface area contributed by atoms with Crippen molar-refractivity contribution in [3.05, 3.63) is 0 Å². The summed E-state index contributed by atoms with van der Waals surface area (Å²) < 4.78 is 0. The van der Waals surface area contributed by atoms with Crippen molar-refractivity contribution in [3.8, 4) is 0 Å². The highest BCUT2D eigenvalue weighted by atomic mass is 16.3. The average molecular weight is 231 g/mol. The molecule has 0 radical (unpaired) electrons. The fraction of sp³-hybridized carbons (Fsp3) is 0.818. The molecular formula is C11H21NO4. The lowest BCUT2D eigenvalue weighted by molar-refractivity contribution is -0.137. The predicted octanol–water partition coefficient (Wildman–Crippen LogP) is -0.149. The van der Waals surface area contributed by atoms with Gasteiger partial charge in [-0.1, -0.05) is 20.8 Å². The molecule has 0 aliphatic rings. The fourth-order valence-electron chi connectivity index (χ4n) is 1.04. The number of rotatable bonds is 7. The third-order valence-corrected chi connectivity index (χ3v) is 2.49. The standard InChI is InChI=1S/C11H21NO4/c1-4-8(14)5-6-12-10(16)9(15)11(2,3)7-13/h9,13,15H,4-7H2,1-3H3,(H,12,16). The van der Waals surface area contributed by atoms with Crippen LogP contribution in [0.25, 0.3) is 0 Å². The van der Waals surface area contributed by atoms with E-state index in [1.165, 1.54) is 0 Å². The molecule has 0 aliphatic carbocycles. The van der Waals surface area contributed by atoms with Crippen LogP contribution in [0.2, 0.25) is 0 Å². The maximum absolute atomic E-state index is 11.4. The molecule has 1 atom stereocenters. The summed E-state index contributed by atoms with van der Waals surface area (Å²) in [6, 6.07) is 0. The van der Waals surface area contributed by atoms with Crippen molar-refractivity contribution >= 4 is 11.7 Å². The van der Waals surface area contributed by atoms with Gasteiger partial charge in [-0.3, -0.25) is 9.59 Å². The maximum atomic E-state index is 11.4. The number of hydrogen-bond donors (Lipinski definition) is 3. The smallest absolute Gasteiger partial charge is 0.249 e. The number of nitrogens with one attached hydrogen (secondary N) is 1. The lowest BCUT2D eigenvalue weighted by atomic mass is 9.87. The summed E-state index contributed by atoms with van der Waals surface area (Å²) in [7, 11) is 0. The number of aliphatic hydroxyl groups is 2. The summed E-state index contributed by atoms with van der Waals surface area (Å²) >= 11 is 0. The highest BCUT2D eigenvalue weighted by molar-refractivity contribution is 5.82. The highest BCUT2D eigenvalue weighted by Crippen LogP contribution is 2.19. The molecule has 0 saturated heterocycles. The fourth-order valence-corrected chi connectivity index (χ4v) is 1.04. The van der Waals surface area contributed by atoms with Gasteiger partial charge in [0.25, 0.3) is 0 Å². The number of hydrogen-bond acceptors (Lipinski definition) is 4. The van der Waals surface area contributed by atoms with Crippen LogP contribution in [-0.4, -0.2) is 41.2 Å². The van der Waals surface area contributed by atoms with Crippen LogP contribution in [-0.2, 0) is 9.59 Å². The molecule has 5 nitrogen and oxygen atoms in total. The minimum Gasteiger partial charge on any atom is -0.396 e. The molecule has 0 aromatic heterocycles. The van der Waals surface area contributed by atoms with Crippen LogP contribution in [0.4, 0.5) is 0 Å². The second-order valence-electron chi connectivity index (χ2n) is 4.48. The van der Waals surface area contributed by atoms with Crippen molar-refractivity contribution in [2.45, 2.75) is 39.7 Å². The molecule has 94 valence electrons. The van der Waals surface area contributed by atoms with E-state index in [0.29, 0.717) is 6.42 Å². The molecule has 0 fully saturated rings. The SMILES string of the molecule is CCC(=O)CCNC(=O)C(O)C(C)(C)CO. The van der Waals surface area contributed by atoms with Gasteiger partial charge in [0.1, 0.15) is 11.9 Å². The maximum Gasteiger partial charge on any atom is 0.249 e. The van der Waals surface area contributed by atoms with Gasteiger partial charge in [-0.05, 0) is 0 Å². The first-order chi connectivity index (χ1) is 7.35. The van der Waals surface area contributed by atoms with Gasteiger partial charge < -0.3 is 15.5 Å². The van der Waals surface area contributed by atoms with Crippen LogP contribution in [0.3, 0.4) is 0 Å². The Labute approximate surface area is 95.9 Å². The molecule has 5 heteroatoms. The number of carbonyl (C=O) groups is 2. The molecule has 3 N–H and O–H groups in total. The molecule has 0 saturated carbocycles. The number of amides is 1. The van der Waals surface area contributed by atoms with Crippen LogP contribution >= 0.6 is 0 Å². The predicted molar refractivity (Wildman–Crippen MR) is 59.8 cm³/mol. The lowest BCUT2D eigenvalue weighted by Crippen LogP contribution is -2.45. The molecule has 0 spiro atoms. The van der Waals surface area contributed by atoms with Crippen molar-refractivity contribution in [2.24, 2.45) is 5.41 Å². The highest BCUT2D eigenvalue weighted by Gasteiger charge is 2.32. The number of ketones is 1. The Morgan fingerprint density at radius 1 is 1.38 bits per heavy atom. The van der Waals surface area contributed by atoms with Crippen LogP contribution in [0, 0.1) is 5.41 Å². The summed E-state index contributed by atoms with van der Waals surface area (Å²) in [6.45, 7) is 4.89. The normalized spacial score (nSPS) is 13.3. The van der Waals surface area contributed by atoms with Gasteiger partial charge >= 0.3 is 0 Å². The third-order valence-electron chi connectivity index (χ3n) is 2.49. The Kier molecular flexibility index (Phi) is 6.21. The van der Waals surface area contributed by atoms with Crippen LogP contribution in [0.5, 0.6) is 0 Å². The van der Waals surface area contributed by atoms with Crippen molar-refractivity contribution in [2.75, 3.05) is 13.2 Å². The van der Waals surface area contributed by atoms with E-state index in [-0.39, 0.29) is 25.4 Å². The molecule has 1 amide bonds. The van der Waals surface area contributed by atoms with E-state index in [1.54, 1.807) is 20.8 Å². The van der Waals surface area contributed by atoms with Crippen molar-refractivity contribution in [3.63, 3.8) is 0 Å². The van der Waals surface area contributed by atoms with Crippen molar-refractivity contribution in [1.29, 1.82) is 0 Å². The Hall–Kier alpha value is -0.940. The second-order valence-corrected chi connectivity index (χ2v) is 4.48. The van der Waals surface area contributed by atoms with Gasteiger partial charge in [0.05, 0.1) is 6.61 Å². The molecule has 0 aliphatic heterocycles. The van der Waals surface area contributed by atoms with E-state index < -0.39 is 17.4 Å². The van der Waals surface area contributed by atoms with Crippen LogP contribution in [0.15, 0.2) is 0 Å². The number of aliphatic hydroxyl groups excluding tert-OH is 2. The van der Waals surface area contributed by atoms with Gasteiger partial charge in [-0.25, -0.2) is 0 Å². The van der Waals surface area contributed by atoms with E-state index in [2.05, 4.69) is 5.32 Å². The molecule has 0 aromatic carbocycles. The Morgan fingerprint density at radius 2 is 1.94 bits per heavy atom. The summed E-state index contributed by atoms with van der Waals surface area (Å²) in [6.07, 6.45) is -0.552. The zero-order valence-electron chi connectivity index (χ0n) is 10.1. The minimum atomic E-state index is -1.27. The summed E-state index contributed by atoms with van der Waals surface area (Å²) in [5.74, 6) is -0.487. The molecule has 0 heterocycles. The number of carbonyl (C=O) groups excluding carboxylic acids is 2. The molecule has 16 heavy (non-hydrogen) atoms. The zero-order valence-corrected chi connectivity index (χ0v) is 10.1. The first-order valence-electron chi connectivity index (χ1n) is 5.43. The third kappa shape index (κ3) is 4.72. The second kappa shape index (κ2) is 6.60. The Morgan fingerprint density at radius 3 is 2.38 bits per heavy atom. The van der Waals surface area contributed by atoms with E-state index in [4.69, 9.17) is 5.11 Å². The summed E-state index contributed by atoms with van der Waals surface area (Å²) in [4.78, 5) is 22.4. The van der Waals surface area contributed by atoms with Crippen molar-refractivity contribution in [1.82, 2.24) is 5.32 Å². The largest absolute Gasteiger partial charge is 0.396 e. The molecule has 1 unspecified atom stereocenters. The van der Waals surface area contributed by atoms with E-state index in [0.717, 1.165) is 0 Å². The first-order valence-corrected chi connectivity index (χ1v) is 5.43. The summed E-state index contributed by atoms with van der Waals surface area (Å²) in [5, 5.41) is 21.0. The molecular weight excluding hydrogens is 210 g/mol. The first kappa shape index (κ1) is 15.1. The minimum absolute atomic E-state index is 0.0659. The van der Waals surface area contributed by atoms with Gasteiger partial charge in [0.15, 0.2) is 0 Å². The van der Waals surface area contributed by atoms with Crippen LogP contribution in [0.1, 0.15) is 33.6 Å². The molecule has 0 bridgehead atoms. The lowest BCUT2D eigenvalue weighted by Gasteiger charge is -2.27. The topological polar surface area (TPSA) is 86.6 Å². The average Bonchev–Trinajstić information content (AvgIpc) is 2.27.